The first-order valence-electron chi connectivity index (χ1n) is 8.44. The minimum Gasteiger partial charge on any atom is -0.355 e. The van der Waals surface area contributed by atoms with Gasteiger partial charge in [-0.1, -0.05) is 25.0 Å². The molecular formula is C18H26ClFN2O. The molecule has 1 amide bonds. The lowest BCUT2D eigenvalue weighted by Gasteiger charge is -2.30. The molecule has 0 radical (unpaired) electrons. The predicted octanol–water partition coefficient (Wildman–Crippen LogP) is 3.32. The van der Waals surface area contributed by atoms with Gasteiger partial charge in [0.25, 0.3) is 0 Å². The van der Waals surface area contributed by atoms with Crippen molar-refractivity contribution < 1.29 is 9.18 Å². The van der Waals surface area contributed by atoms with Crippen LogP contribution in [0, 0.1) is 5.82 Å². The number of halogens is 2. The summed E-state index contributed by atoms with van der Waals surface area (Å²) in [6, 6.07) is 7.15. The van der Waals surface area contributed by atoms with Crippen molar-refractivity contribution in [1.82, 2.24) is 10.6 Å². The normalized spacial score (nSPS) is 22.6. The molecule has 2 aliphatic rings. The van der Waals surface area contributed by atoms with Crippen molar-refractivity contribution in [2.45, 2.75) is 56.4 Å². The molecule has 128 valence electrons. The van der Waals surface area contributed by atoms with E-state index in [1.807, 2.05) is 12.1 Å². The standard InChI is InChI=1S/C18H25FN2O.ClH/c19-15-7-5-14(6-8-15)18(9-1-2-10-18)13-21-17(22)12-16-4-3-11-20-16;/h5-8,16,20H,1-4,9-13H2,(H,21,22);1H. The molecule has 23 heavy (non-hydrogen) atoms. The Morgan fingerprint density at radius 2 is 1.91 bits per heavy atom. The van der Waals surface area contributed by atoms with Crippen molar-refractivity contribution in [3.63, 3.8) is 0 Å². The van der Waals surface area contributed by atoms with Crippen molar-refractivity contribution >= 4 is 18.3 Å². The first kappa shape index (κ1) is 18.2. The van der Waals surface area contributed by atoms with E-state index in [9.17, 15) is 9.18 Å². The summed E-state index contributed by atoms with van der Waals surface area (Å²) in [5.74, 6) is -0.0685. The molecular weight excluding hydrogens is 315 g/mol. The highest BCUT2D eigenvalue weighted by molar-refractivity contribution is 5.85. The fourth-order valence-electron chi connectivity index (χ4n) is 3.92. The fraction of sp³-hybridized carbons (Fsp3) is 0.611. The van der Waals surface area contributed by atoms with Crippen molar-refractivity contribution in [2.75, 3.05) is 13.1 Å². The average molecular weight is 341 g/mol. The van der Waals surface area contributed by atoms with Crippen molar-refractivity contribution in [3.05, 3.63) is 35.6 Å². The van der Waals surface area contributed by atoms with Gasteiger partial charge in [-0.3, -0.25) is 4.79 Å². The van der Waals surface area contributed by atoms with Crippen LogP contribution < -0.4 is 10.6 Å². The molecule has 2 fully saturated rings. The van der Waals surface area contributed by atoms with Gasteiger partial charge < -0.3 is 10.6 Å². The third kappa shape index (κ3) is 4.45. The minimum absolute atomic E-state index is 0. The monoisotopic (exact) mass is 340 g/mol. The Balaban J connectivity index is 0.00000192. The third-order valence-corrected chi connectivity index (χ3v) is 5.24. The van der Waals surface area contributed by atoms with E-state index in [-0.39, 0.29) is 29.5 Å². The van der Waals surface area contributed by atoms with Gasteiger partial charge in [0, 0.05) is 24.4 Å². The molecule has 2 N–H and O–H groups in total. The number of amides is 1. The molecule has 3 rings (SSSR count). The van der Waals surface area contributed by atoms with Gasteiger partial charge in [-0.2, -0.15) is 0 Å². The number of rotatable bonds is 5. The van der Waals surface area contributed by atoms with Gasteiger partial charge >= 0.3 is 0 Å². The number of hydrogen-bond acceptors (Lipinski definition) is 2. The van der Waals surface area contributed by atoms with E-state index in [2.05, 4.69) is 10.6 Å². The lowest BCUT2D eigenvalue weighted by molar-refractivity contribution is -0.121. The summed E-state index contributed by atoms with van der Waals surface area (Å²) in [6.45, 7) is 1.70. The Hall–Kier alpha value is -1.13. The Bertz CT molecular complexity index is 508. The number of hydrogen-bond donors (Lipinski definition) is 2. The van der Waals surface area contributed by atoms with Crippen LogP contribution in [0.2, 0.25) is 0 Å². The van der Waals surface area contributed by atoms with Gasteiger partial charge in [0.05, 0.1) is 0 Å². The largest absolute Gasteiger partial charge is 0.355 e. The Morgan fingerprint density at radius 1 is 1.22 bits per heavy atom. The van der Waals surface area contributed by atoms with Crippen molar-refractivity contribution in [1.29, 1.82) is 0 Å². The summed E-state index contributed by atoms with van der Waals surface area (Å²) in [7, 11) is 0. The third-order valence-electron chi connectivity index (χ3n) is 5.24. The second-order valence-electron chi connectivity index (χ2n) is 6.77. The molecule has 0 spiro atoms. The van der Waals surface area contributed by atoms with E-state index < -0.39 is 0 Å². The highest BCUT2D eigenvalue weighted by atomic mass is 35.5. The second kappa shape index (κ2) is 8.11. The van der Waals surface area contributed by atoms with Gasteiger partial charge in [0.1, 0.15) is 5.82 Å². The maximum absolute atomic E-state index is 13.2. The molecule has 1 unspecified atom stereocenters. The molecule has 1 atom stereocenters. The molecule has 1 aromatic rings. The van der Waals surface area contributed by atoms with Crippen LogP contribution in [0.5, 0.6) is 0 Å². The SMILES string of the molecule is Cl.O=C(CC1CCCN1)NCC1(c2ccc(F)cc2)CCCC1. The van der Waals surface area contributed by atoms with E-state index in [0.29, 0.717) is 19.0 Å². The van der Waals surface area contributed by atoms with Crippen LogP contribution in [-0.4, -0.2) is 25.0 Å². The van der Waals surface area contributed by atoms with Gasteiger partial charge in [0.15, 0.2) is 0 Å². The predicted molar refractivity (Wildman–Crippen MR) is 92.4 cm³/mol. The van der Waals surface area contributed by atoms with Crippen LogP contribution in [-0.2, 0) is 10.2 Å². The summed E-state index contributed by atoms with van der Waals surface area (Å²) in [5.41, 5.74) is 1.15. The summed E-state index contributed by atoms with van der Waals surface area (Å²) >= 11 is 0. The molecule has 1 heterocycles. The summed E-state index contributed by atoms with van der Waals surface area (Å²) in [6.07, 6.45) is 7.32. The quantitative estimate of drug-likeness (QED) is 0.863. The fourth-order valence-corrected chi connectivity index (χ4v) is 3.92. The van der Waals surface area contributed by atoms with Crippen LogP contribution in [0.25, 0.3) is 0 Å². The van der Waals surface area contributed by atoms with E-state index in [1.165, 1.54) is 25.0 Å². The zero-order chi connectivity index (χ0) is 15.4. The number of nitrogens with one attached hydrogen (secondary N) is 2. The van der Waals surface area contributed by atoms with Gasteiger partial charge in [-0.25, -0.2) is 4.39 Å². The van der Waals surface area contributed by atoms with E-state index in [4.69, 9.17) is 0 Å². The minimum atomic E-state index is -0.201. The number of benzene rings is 1. The Labute approximate surface area is 143 Å². The Morgan fingerprint density at radius 3 is 2.52 bits per heavy atom. The lowest BCUT2D eigenvalue weighted by Crippen LogP contribution is -2.40. The van der Waals surface area contributed by atoms with E-state index >= 15 is 0 Å². The van der Waals surface area contributed by atoms with Crippen LogP contribution in [0.3, 0.4) is 0 Å². The van der Waals surface area contributed by atoms with Crippen LogP contribution in [0.4, 0.5) is 4.39 Å². The topological polar surface area (TPSA) is 41.1 Å². The molecule has 0 bridgehead atoms. The molecule has 3 nitrogen and oxygen atoms in total. The zero-order valence-corrected chi connectivity index (χ0v) is 14.3. The average Bonchev–Trinajstić information content (AvgIpc) is 3.18. The summed E-state index contributed by atoms with van der Waals surface area (Å²) in [4.78, 5) is 12.2. The molecule has 0 aromatic heterocycles. The second-order valence-corrected chi connectivity index (χ2v) is 6.77. The van der Waals surface area contributed by atoms with E-state index in [0.717, 1.165) is 37.8 Å². The zero-order valence-electron chi connectivity index (χ0n) is 13.4. The number of carbonyl (C=O) groups is 1. The maximum atomic E-state index is 13.2. The first-order chi connectivity index (χ1) is 10.7. The van der Waals surface area contributed by atoms with Crippen molar-refractivity contribution in [2.24, 2.45) is 0 Å². The summed E-state index contributed by atoms with van der Waals surface area (Å²) in [5, 5.41) is 6.49. The molecule has 1 aliphatic heterocycles. The van der Waals surface area contributed by atoms with Crippen molar-refractivity contribution in [3.8, 4) is 0 Å². The molecule has 1 aromatic carbocycles. The number of carbonyl (C=O) groups excluding carboxylic acids is 1. The first-order valence-corrected chi connectivity index (χ1v) is 8.44. The molecule has 1 saturated heterocycles. The molecule has 1 saturated carbocycles. The maximum Gasteiger partial charge on any atom is 0.221 e. The van der Waals surface area contributed by atoms with Crippen LogP contribution in [0.1, 0.15) is 50.5 Å². The smallest absolute Gasteiger partial charge is 0.221 e. The Kier molecular flexibility index (Phi) is 6.42. The highest BCUT2D eigenvalue weighted by Crippen LogP contribution is 2.40. The lowest BCUT2D eigenvalue weighted by atomic mass is 9.78. The van der Waals surface area contributed by atoms with Gasteiger partial charge in [0.2, 0.25) is 5.91 Å². The molecule has 1 aliphatic carbocycles. The van der Waals surface area contributed by atoms with Gasteiger partial charge in [-0.05, 0) is 49.9 Å². The highest BCUT2D eigenvalue weighted by Gasteiger charge is 2.36. The van der Waals surface area contributed by atoms with Crippen LogP contribution >= 0.6 is 12.4 Å². The van der Waals surface area contributed by atoms with Gasteiger partial charge in [-0.15, -0.1) is 12.4 Å². The molecule has 5 heteroatoms. The van der Waals surface area contributed by atoms with E-state index in [1.54, 1.807) is 0 Å². The van der Waals surface area contributed by atoms with Crippen LogP contribution in [0.15, 0.2) is 24.3 Å². The summed E-state index contributed by atoms with van der Waals surface area (Å²) < 4.78 is 13.2.